The van der Waals surface area contributed by atoms with E-state index in [9.17, 15) is 8.42 Å². The van der Waals surface area contributed by atoms with Crippen molar-refractivity contribution in [3.05, 3.63) is 53.7 Å². The maximum Gasteiger partial charge on any atom is 0.211 e. The van der Waals surface area contributed by atoms with E-state index in [1.54, 1.807) is 4.31 Å². The Kier molecular flexibility index (Phi) is 4.50. The molecule has 0 N–H and O–H groups in total. The summed E-state index contributed by atoms with van der Waals surface area (Å²) in [6.45, 7) is 3.30. The normalized spacial score (nSPS) is 17.3. The Balaban J connectivity index is 1.81. The number of hydrogen-bond acceptors (Lipinski definition) is 3. The van der Waals surface area contributed by atoms with Gasteiger partial charge in [0.1, 0.15) is 0 Å². The summed E-state index contributed by atoms with van der Waals surface area (Å²) in [4.78, 5) is 4.51. The van der Waals surface area contributed by atoms with Gasteiger partial charge in [-0.25, -0.2) is 12.7 Å². The first kappa shape index (κ1) is 16.1. The molecule has 1 aliphatic rings. The molecule has 0 spiro atoms. The Labute approximate surface area is 138 Å². The van der Waals surface area contributed by atoms with Crippen LogP contribution in [0.25, 0.3) is 11.3 Å². The van der Waals surface area contributed by atoms with Crippen molar-refractivity contribution in [1.29, 1.82) is 0 Å². The molecule has 0 aliphatic carbocycles. The smallest absolute Gasteiger partial charge is 0.211 e. The van der Waals surface area contributed by atoms with Crippen LogP contribution in [0.1, 0.15) is 29.9 Å². The first-order valence-corrected chi connectivity index (χ1v) is 9.77. The second-order valence-corrected chi connectivity index (χ2v) is 8.21. The molecule has 2 aromatic rings. The van der Waals surface area contributed by atoms with Gasteiger partial charge in [-0.1, -0.05) is 24.3 Å². The highest BCUT2D eigenvalue weighted by Crippen LogP contribution is 2.31. The van der Waals surface area contributed by atoms with E-state index in [1.165, 1.54) is 17.4 Å². The zero-order valence-electron chi connectivity index (χ0n) is 13.6. The van der Waals surface area contributed by atoms with Crippen molar-refractivity contribution >= 4 is 10.0 Å². The van der Waals surface area contributed by atoms with Crippen molar-refractivity contribution in [3.8, 4) is 11.3 Å². The molecule has 2 heterocycles. The van der Waals surface area contributed by atoms with Crippen LogP contribution in [-0.4, -0.2) is 37.1 Å². The number of piperidine rings is 1. The number of rotatable bonds is 3. The van der Waals surface area contributed by atoms with Gasteiger partial charge in [-0.05, 0) is 48.9 Å². The minimum atomic E-state index is -3.07. The van der Waals surface area contributed by atoms with Crippen molar-refractivity contribution in [3.63, 3.8) is 0 Å². The topological polar surface area (TPSA) is 50.3 Å². The number of aryl methyl sites for hydroxylation is 1. The van der Waals surface area contributed by atoms with Gasteiger partial charge in [0.05, 0.1) is 11.9 Å². The summed E-state index contributed by atoms with van der Waals surface area (Å²) < 4.78 is 24.8. The van der Waals surface area contributed by atoms with Crippen LogP contribution in [0.15, 0.2) is 42.6 Å². The molecule has 0 amide bonds. The Hall–Kier alpha value is -1.72. The predicted molar refractivity (Wildman–Crippen MR) is 92.8 cm³/mol. The van der Waals surface area contributed by atoms with Crippen LogP contribution in [0, 0.1) is 6.92 Å². The van der Waals surface area contributed by atoms with Crippen molar-refractivity contribution in [2.75, 3.05) is 19.3 Å². The molecular weight excluding hydrogens is 308 g/mol. The molecule has 122 valence electrons. The van der Waals surface area contributed by atoms with Crippen molar-refractivity contribution in [2.24, 2.45) is 0 Å². The molecule has 1 saturated heterocycles. The average molecular weight is 330 g/mol. The molecule has 4 nitrogen and oxygen atoms in total. The molecule has 5 heteroatoms. The second kappa shape index (κ2) is 6.42. The molecule has 3 rings (SSSR count). The van der Waals surface area contributed by atoms with Crippen LogP contribution in [0.3, 0.4) is 0 Å². The lowest BCUT2D eigenvalue weighted by Gasteiger charge is -2.30. The lowest BCUT2D eigenvalue weighted by molar-refractivity contribution is 0.321. The Bertz CT molecular complexity index is 794. The summed E-state index contributed by atoms with van der Waals surface area (Å²) in [5.41, 5.74) is 4.62. The van der Waals surface area contributed by atoms with E-state index in [0.29, 0.717) is 19.0 Å². The van der Waals surface area contributed by atoms with E-state index in [0.717, 1.165) is 24.1 Å². The standard InChI is InChI=1S/C18H22N2O2S/c1-14-5-3-4-6-17(14)18-13-16(7-10-19-18)15-8-11-20(12-9-15)23(2,21)22/h3-7,10,13,15H,8-9,11-12H2,1-2H3. The summed E-state index contributed by atoms with van der Waals surface area (Å²) in [7, 11) is -3.07. The van der Waals surface area contributed by atoms with Gasteiger partial charge < -0.3 is 0 Å². The molecule has 0 atom stereocenters. The Morgan fingerprint density at radius 2 is 1.83 bits per heavy atom. The lowest BCUT2D eigenvalue weighted by atomic mass is 9.89. The predicted octanol–water partition coefficient (Wildman–Crippen LogP) is 3.20. The summed E-state index contributed by atoms with van der Waals surface area (Å²) >= 11 is 0. The van der Waals surface area contributed by atoms with E-state index in [4.69, 9.17) is 0 Å². The van der Waals surface area contributed by atoms with Gasteiger partial charge in [0.25, 0.3) is 0 Å². The minimum absolute atomic E-state index is 0.402. The number of nitrogens with zero attached hydrogens (tertiary/aromatic N) is 2. The minimum Gasteiger partial charge on any atom is -0.256 e. The summed E-state index contributed by atoms with van der Waals surface area (Å²) in [5.74, 6) is 0.402. The largest absolute Gasteiger partial charge is 0.256 e. The maximum absolute atomic E-state index is 11.6. The van der Waals surface area contributed by atoms with Crippen LogP contribution in [0.4, 0.5) is 0 Å². The van der Waals surface area contributed by atoms with Gasteiger partial charge in [-0.15, -0.1) is 0 Å². The molecule has 0 unspecified atom stereocenters. The monoisotopic (exact) mass is 330 g/mol. The van der Waals surface area contributed by atoms with Gasteiger partial charge in [-0.3, -0.25) is 4.98 Å². The quantitative estimate of drug-likeness (QED) is 0.868. The van der Waals surface area contributed by atoms with Gasteiger partial charge in [-0.2, -0.15) is 0 Å². The fourth-order valence-electron chi connectivity index (χ4n) is 3.23. The molecular formula is C18H22N2O2S. The third-order valence-electron chi connectivity index (χ3n) is 4.60. The second-order valence-electron chi connectivity index (χ2n) is 6.23. The molecule has 23 heavy (non-hydrogen) atoms. The molecule has 0 radical (unpaired) electrons. The highest BCUT2D eigenvalue weighted by atomic mass is 32.2. The molecule has 1 aliphatic heterocycles. The van der Waals surface area contributed by atoms with Crippen LogP contribution >= 0.6 is 0 Å². The fourth-order valence-corrected chi connectivity index (χ4v) is 4.10. The molecule has 1 fully saturated rings. The number of hydrogen-bond donors (Lipinski definition) is 0. The van der Waals surface area contributed by atoms with Crippen LogP contribution < -0.4 is 0 Å². The van der Waals surface area contributed by atoms with Crippen molar-refractivity contribution in [2.45, 2.75) is 25.7 Å². The van der Waals surface area contributed by atoms with Crippen LogP contribution in [0.5, 0.6) is 0 Å². The van der Waals surface area contributed by atoms with E-state index < -0.39 is 10.0 Å². The number of benzene rings is 1. The molecule has 1 aromatic heterocycles. The van der Waals surface area contributed by atoms with E-state index in [-0.39, 0.29) is 0 Å². The van der Waals surface area contributed by atoms with E-state index in [2.05, 4.69) is 36.2 Å². The van der Waals surface area contributed by atoms with E-state index >= 15 is 0 Å². The van der Waals surface area contributed by atoms with Gasteiger partial charge in [0.15, 0.2) is 0 Å². The highest BCUT2D eigenvalue weighted by Gasteiger charge is 2.25. The van der Waals surface area contributed by atoms with Gasteiger partial charge in [0.2, 0.25) is 10.0 Å². The van der Waals surface area contributed by atoms with Gasteiger partial charge in [0, 0.05) is 24.8 Å². The lowest BCUT2D eigenvalue weighted by Crippen LogP contribution is -2.37. The van der Waals surface area contributed by atoms with Gasteiger partial charge >= 0.3 is 0 Å². The summed E-state index contributed by atoms with van der Waals surface area (Å²) in [6, 6.07) is 12.5. The first-order valence-electron chi connectivity index (χ1n) is 7.92. The first-order chi connectivity index (χ1) is 10.9. The third kappa shape index (κ3) is 3.62. The molecule has 0 bridgehead atoms. The number of aromatic nitrogens is 1. The molecule has 1 aromatic carbocycles. The fraction of sp³-hybridized carbons (Fsp3) is 0.389. The molecule has 0 saturated carbocycles. The highest BCUT2D eigenvalue weighted by molar-refractivity contribution is 7.88. The van der Waals surface area contributed by atoms with Crippen LogP contribution in [0.2, 0.25) is 0 Å². The number of pyridine rings is 1. The maximum atomic E-state index is 11.6. The van der Waals surface area contributed by atoms with Crippen LogP contribution in [-0.2, 0) is 10.0 Å². The number of sulfonamides is 1. The average Bonchev–Trinajstić information content (AvgIpc) is 2.55. The Morgan fingerprint density at radius 3 is 2.48 bits per heavy atom. The Morgan fingerprint density at radius 1 is 1.13 bits per heavy atom. The zero-order valence-corrected chi connectivity index (χ0v) is 14.4. The summed E-state index contributed by atoms with van der Waals surface area (Å²) in [6.07, 6.45) is 4.88. The zero-order chi connectivity index (χ0) is 16.4. The third-order valence-corrected chi connectivity index (χ3v) is 5.90. The van der Waals surface area contributed by atoms with E-state index in [1.807, 2.05) is 18.3 Å². The summed E-state index contributed by atoms with van der Waals surface area (Å²) in [5, 5.41) is 0. The SMILES string of the molecule is Cc1ccccc1-c1cc(C2CCN(S(C)(=O)=O)CC2)ccn1. The van der Waals surface area contributed by atoms with Crippen molar-refractivity contribution < 1.29 is 8.42 Å². The van der Waals surface area contributed by atoms with Crippen molar-refractivity contribution in [1.82, 2.24) is 9.29 Å².